The fourth-order valence-electron chi connectivity index (χ4n) is 4.95. The summed E-state index contributed by atoms with van der Waals surface area (Å²) in [5.41, 5.74) is 2.71. The van der Waals surface area contributed by atoms with E-state index in [9.17, 15) is 24.6 Å². The third kappa shape index (κ3) is 8.89. The Kier molecular flexibility index (Phi) is 10.9. The summed E-state index contributed by atoms with van der Waals surface area (Å²) in [6.07, 6.45) is -0.811. The summed E-state index contributed by atoms with van der Waals surface area (Å²) in [5, 5.41) is 24.9. The van der Waals surface area contributed by atoms with Gasteiger partial charge in [-0.15, -0.1) is 11.8 Å². The predicted octanol–water partition coefficient (Wildman–Crippen LogP) is 6.12. The predicted molar refractivity (Wildman–Crippen MR) is 176 cm³/mol. The summed E-state index contributed by atoms with van der Waals surface area (Å²) in [4.78, 5) is 39.0. The Bertz CT molecular complexity index is 1460. The molecule has 0 saturated carbocycles. The molecule has 0 saturated heterocycles. The molecule has 0 aliphatic heterocycles. The zero-order valence-electron chi connectivity index (χ0n) is 25.5. The molecule has 4 aromatic rings. The third-order valence-electron chi connectivity index (χ3n) is 7.01. The first-order valence-electron chi connectivity index (χ1n) is 14.6. The largest absolute Gasteiger partial charge is 0.508 e. The van der Waals surface area contributed by atoms with Crippen LogP contribution in [0, 0.1) is 0 Å². The van der Waals surface area contributed by atoms with Crippen LogP contribution in [0.15, 0.2) is 115 Å². The van der Waals surface area contributed by atoms with E-state index in [4.69, 9.17) is 4.74 Å². The summed E-state index contributed by atoms with van der Waals surface area (Å²) in [5.74, 6) is -1.77. The first-order valence-corrected chi connectivity index (χ1v) is 15.6. The second kappa shape index (κ2) is 14.8. The number of aromatic hydroxyl groups is 1. The SMILES string of the molecule is CC(C)(C)OC(=O)N[C@@H](CSC(c1ccccc1)(c1ccccc1)c1ccccc1)C(=O)N[C@@H](Cc1ccc(O)cc1)C(=O)O. The highest BCUT2D eigenvalue weighted by atomic mass is 32.2. The van der Waals surface area contributed by atoms with Gasteiger partial charge in [-0.1, -0.05) is 103 Å². The van der Waals surface area contributed by atoms with Crippen molar-refractivity contribution in [3.8, 4) is 5.75 Å². The number of nitrogens with one attached hydrogen (secondary N) is 2. The summed E-state index contributed by atoms with van der Waals surface area (Å²) in [6, 6.07) is 33.4. The number of rotatable bonds is 12. The van der Waals surface area contributed by atoms with Gasteiger partial charge in [0.2, 0.25) is 5.91 Å². The van der Waals surface area contributed by atoms with Gasteiger partial charge in [0, 0.05) is 12.2 Å². The lowest BCUT2D eigenvalue weighted by atomic mass is 9.84. The molecule has 8 nitrogen and oxygen atoms in total. The lowest BCUT2D eigenvalue weighted by Gasteiger charge is -2.36. The van der Waals surface area contributed by atoms with Crippen LogP contribution in [0.4, 0.5) is 4.79 Å². The molecule has 0 aliphatic rings. The molecule has 0 radical (unpaired) electrons. The van der Waals surface area contributed by atoms with Crippen LogP contribution < -0.4 is 10.6 Å². The van der Waals surface area contributed by atoms with Gasteiger partial charge >= 0.3 is 12.1 Å². The van der Waals surface area contributed by atoms with Crippen molar-refractivity contribution in [2.24, 2.45) is 0 Å². The third-order valence-corrected chi connectivity index (χ3v) is 8.65. The Hall–Kier alpha value is -4.76. The van der Waals surface area contributed by atoms with Gasteiger partial charge in [-0.25, -0.2) is 9.59 Å². The molecule has 2 atom stereocenters. The number of ether oxygens (including phenoxy) is 1. The topological polar surface area (TPSA) is 125 Å². The van der Waals surface area contributed by atoms with Crippen molar-refractivity contribution in [1.29, 1.82) is 0 Å². The maximum absolute atomic E-state index is 13.8. The van der Waals surface area contributed by atoms with Crippen molar-refractivity contribution in [3.63, 3.8) is 0 Å². The standard InChI is InChI=1S/C36H38N2O6S/c1-35(2,3)44-34(43)38-31(32(40)37-30(33(41)42)23-25-19-21-29(39)22-20-25)24-45-36(26-13-7-4-8-14-26,27-15-9-5-10-16-27)28-17-11-6-12-18-28/h4-22,30-31,39H,23-24H2,1-3H3,(H,37,40)(H,38,43)(H,41,42)/t30-,31-/m0/s1. The maximum atomic E-state index is 13.8. The van der Waals surface area contributed by atoms with Gasteiger partial charge in [0.25, 0.3) is 0 Å². The molecule has 234 valence electrons. The number of thioether (sulfide) groups is 1. The number of hydrogen-bond acceptors (Lipinski definition) is 6. The van der Waals surface area contributed by atoms with E-state index in [1.54, 1.807) is 32.9 Å². The van der Waals surface area contributed by atoms with E-state index >= 15 is 0 Å². The fourth-order valence-corrected chi connectivity index (χ4v) is 6.51. The Morgan fingerprint density at radius 2 is 1.18 bits per heavy atom. The average molecular weight is 627 g/mol. The van der Waals surface area contributed by atoms with E-state index < -0.39 is 40.4 Å². The molecule has 45 heavy (non-hydrogen) atoms. The fraction of sp³-hybridized carbons (Fsp3) is 0.250. The van der Waals surface area contributed by atoms with Crippen molar-refractivity contribution in [2.45, 2.75) is 49.6 Å². The van der Waals surface area contributed by atoms with Gasteiger partial charge in [0.15, 0.2) is 0 Å². The highest BCUT2D eigenvalue weighted by Crippen LogP contribution is 2.48. The van der Waals surface area contributed by atoms with Gasteiger partial charge in [-0.3, -0.25) is 4.79 Å². The molecule has 4 rings (SSSR count). The molecule has 0 aromatic heterocycles. The van der Waals surface area contributed by atoms with E-state index in [1.807, 2.05) is 91.0 Å². The first kappa shape index (κ1) is 33.1. The normalized spacial score (nSPS) is 12.9. The van der Waals surface area contributed by atoms with E-state index in [2.05, 4.69) is 10.6 Å². The monoisotopic (exact) mass is 626 g/mol. The van der Waals surface area contributed by atoms with Crippen LogP contribution in [0.5, 0.6) is 5.75 Å². The molecule has 0 spiro atoms. The van der Waals surface area contributed by atoms with Crippen LogP contribution in [0.1, 0.15) is 43.0 Å². The number of hydrogen-bond donors (Lipinski definition) is 4. The number of phenolic OH excluding ortho intramolecular Hbond substituents is 1. The number of alkyl carbamates (subject to hydrolysis) is 1. The molecular formula is C36H38N2O6S. The van der Waals surface area contributed by atoms with E-state index in [0.717, 1.165) is 16.7 Å². The molecule has 9 heteroatoms. The van der Waals surface area contributed by atoms with Crippen LogP contribution in [-0.4, -0.2) is 51.6 Å². The highest BCUT2D eigenvalue weighted by Gasteiger charge is 2.39. The maximum Gasteiger partial charge on any atom is 0.408 e. The molecule has 0 fully saturated rings. The lowest BCUT2D eigenvalue weighted by molar-refractivity contribution is -0.142. The van der Waals surface area contributed by atoms with Crippen molar-refractivity contribution >= 4 is 29.7 Å². The van der Waals surface area contributed by atoms with Crippen molar-refractivity contribution in [1.82, 2.24) is 10.6 Å². The summed E-state index contributed by atoms with van der Waals surface area (Å²) < 4.78 is 4.70. The number of carbonyl (C=O) groups is 3. The zero-order valence-corrected chi connectivity index (χ0v) is 26.3. The Morgan fingerprint density at radius 3 is 1.60 bits per heavy atom. The number of carboxylic acid groups (broad SMARTS) is 1. The Balaban J connectivity index is 1.71. The van der Waals surface area contributed by atoms with Crippen molar-refractivity contribution < 1.29 is 29.3 Å². The number of benzene rings is 4. The highest BCUT2D eigenvalue weighted by molar-refractivity contribution is 8.00. The molecule has 0 aliphatic carbocycles. The number of carbonyl (C=O) groups excluding carboxylic acids is 2. The molecule has 2 amide bonds. The minimum atomic E-state index is -1.28. The Morgan fingerprint density at radius 1 is 0.711 bits per heavy atom. The minimum Gasteiger partial charge on any atom is -0.508 e. The number of phenols is 1. The molecule has 4 aromatic carbocycles. The van der Waals surface area contributed by atoms with Crippen molar-refractivity contribution in [2.75, 3.05) is 5.75 Å². The molecule has 0 heterocycles. The van der Waals surface area contributed by atoms with E-state index in [-0.39, 0.29) is 17.9 Å². The minimum absolute atomic E-state index is 0.0182. The van der Waals surface area contributed by atoms with Crippen LogP contribution >= 0.6 is 11.8 Å². The van der Waals surface area contributed by atoms with E-state index in [0.29, 0.717) is 5.56 Å². The molecular weight excluding hydrogens is 588 g/mol. The van der Waals surface area contributed by atoms with Gasteiger partial charge in [-0.2, -0.15) is 0 Å². The van der Waals surface area contributed by atoms with Crippen LogP contribution in [-0.2, 0) is 25.5 Å². The van der Waals surface area contributed by atoms with E-state index in [1.165, 1.54) is 23.9 Å². The summed E-state index contributed by atoms with van der Waals surface area (Å²) in [7, 11) is 0. The van der Waals surface area contributed by atoms with Gasteiger partial charge in [-0.05, 0) is 55.2 Å². The zero-order chi connectivity index (χ0) is 32.5. The van der Waals surface area contributed by atoms with Crippen LogP contribution in [0.25, 0.3) is 0 Å². The second-order valence-electron chi connectivity index (χ2n) is 11.6. The summed E-state index contributed by atoms with van der Waals surface area (Å²) >= 11 is 1.46. The van der Waals surface area contributed by atoms with Crippen molar-refractivity contribution in [3.05, 3.63) is 138 Å². The molecule has 0 unspecified atom stereocenters. The van der Waals surface area contributed by atoms with Gasteiger partial charge < -0.3 is 25.6 Å². The first-order chi connectivity index (χ1) is 21.5. The lowest BCUT2D eigenvalue weighted by Crippen LogP contribution is -2.54. The number of carboxylic acids is 1. The average Bonchev–Trinajstić information content (AvgIpc) is 3.02. The quantitative estimate of drug-likeness (QED) is 0.140. The molecule has 0 bridgehead atoms. The second-order valence-corrected chi connectivity index (χ2v) is 12.8. The van der Waals surface area contributed by atoms with Crippen LogP contribution in [0.2, 0.25) is 0 Å². The molecule has 4 N–H and O–H groups in total. The summed E-state index contributed by atoms with van der Waals surface area (Å²) in [6.45, 7) is 5.17. The van der Waals surface area contributed by atoms with Gasteiger partial charge in [0.05, 0.1) is 4.75 Å². The van der Waals surface area contributed by atoms with Gasteiger partial charge in [0.1, 0.15) is 23.4 Å². The smallest absolute Gasteiger partial charge is 0.408 e. The van der Waals surface area contributed by atoms with Crippen LogP contribution in [0.3, 0.4) is 0 Å². The number of amides is 2. The Labute approximate surface area is 267 Å². The number of aliphatic carboxylic acids is 1.